The lowest BCUT2D eigenvalue weighted by atomic mass is 10.1. The molecule has 2 heterocycles. The molecule has 0 aliphatic carbocycles. The third-order valence-electron chi connectivity index (χ3n) is 4.55. The van der Waals surface area contributed by atoms with Crippen molar-refractivity contribution in [2.24, 2.45) is 0 Å². The van der Waals surface area contributed by atoms with Gasteiger partial charge in [0, 0.05) is 29.1 Å². The Balaban J connectivity index is 1.61. The van der Waals surface area contributed by atoms with E-state index >= 15 is 0 Å². The summed E-state index contributed by atoms with van der Waals surface area (Å²) in [7, 11) is 0. The Bertz CT molecular complexity index is 1130. The van der Waals surface area contributed by atoms with Gasteiger partial charge in [-0.1, -0.05) is 24.3 Å². The molecule has 4 rings (SSSR count). The maximum absolute atomic E-state index is 12.7. The average Bonchev–Trinajstić information content (AvgIpc) is 3.10. The highest BCUT2D eigenvalue weighted by atomic mass is 32.1. The minimum absolute atomic E-state index is 0.00300. The van der Waals surface area contributed by atoms with E-state index in [0.717, 1.165) is 21.7 Å². The molecule has 6 heteroatoms. The predicted octanol–water partition coefficient (Wildman–Crippen LogP) is 3.28. The number of carbonyl (C=O) groups excluding carboxylic acids is 1. The van der Waals surface area contributed by atoms with E-state index in [4.69, 9.17) is 0 Å². The summed E-state index contributed by atoms with van der Waals surface area (Å²) in [5, 5.41) is 7.26. The number of rotatable bonds is 5. The highest BCUT2D eigenvalue weighted by Gasteiger charge is 2.12. The molecule has 0 radical (unpaired) electrons. The zero-order chi connectivity index (χ0) is 18.8. The fourth-order valence-electron chi connectivity index (χ4n) is 3.30. The number of thiazole rings is 1. The van der Waals surface area contributed by atoms with Crippen molar-refractivity contribution in [1.82, 2.24) is 14.9 Å². The molecule has 27 heavy (non-hydrogen) atoms. The summed E-state index contributed by atoms with van der Waals surface area (Å²) in [5.41, 5.74) is 2.53. The van der Waals surface area contributed by atoms with E-state index in [1.54, 1.807) is 11.3 Å². The number of aromatic nitrogens is 2. The first kappa shape index (κ1) is 17.4. The number of amides is 1. The number of para-hydroxylation sites is 2. The quantitative estimate of drug-likeness (QED) is 0.543. The van der Waals surface area contributed by atoms with Crippen LogP contribution in [0.2, 0.25) is 0 Å². The average molecular weight is 377 g/mol. The van der Waals surface area contributed by atoms with Crippen LogP contribution in [0.25, 0.3) is 21.8 Å². The Morgan fingerprint density at radius 3 is 2.30 bits per heavy atom. The van der Waals surface area contributed by atoms with Gasteiger partial charge in [-0.15, -0.1) is 11.3 Å². The van der Waals surface area contributed by atoms with Crippen LogP contribution < -0.4 is 10.7 Å². The van der Waals surface area contributed by atoms with Crippen LogP contribution in [0.3, 0.4) is 0 Å². The summed E-state index contributed by atoms with van der Waals surface area (Å²) >= 11 is 1.61. The molecule has 2 aromatic heterocycles. The molecule has 0 saturated heterocycles. The second kappa shape index (κ2) is 7.32. The lowest BCUT2D eigenvalue weighted by molar-refractivity contribution is -0.121. The fourth-order valence-corrected chi connectivity index (χ4v) is 3.95. The second-order valence-corrected chi connectivity index (χ2v) is 7.47. The summed E-state index contributed by atoms with van der Waals surface area (Å²) in [6, 6.07) is 14.8. The van der Waals surface area contributed by atoms with E-state index in [1.165, 1.54) is 0 Å². The second-order valence-electron chi connectivity index (χ2n) is 6.41. The number of hydrogen-bond acceptors (Lipinski definition) is 4. The topological polar surface area (TPSA) is 64.0 Å². The van der Waals surface area contributed by atoms with Gasteiger partial charge in [0.05, 0.1) is 21.7 Å². The fraction of sp³-hybridized carbons (Fsp3) is 0.190. The van der Waals surface area contributed by atoms with E-state index in [-0.39, 0.29) is 17.9 Å². The van der Waals surface area contributed by atoms with Gasteiger partial charge >= 0.3 is 0 Å². The molecule has 4 aromatic rings. The highest BCUT2D eigenvalue weighted by Crippen LogP contribution is 2.19. The first-order chi connectivity index (χ1) is 13.1. The lowest BCUT2D eigenvalue weighted by Crippen LogP contribution is -2.30. The van der Waals surface area contributed by atoms with Crippen molar-refractivity contribution in [2.45, 2.75) is 19.9 Å². The van der Waals surface area contributed by atoms with Gasteiger partial charge in [-0.25, -0.2) is 4.98 Å². The van der Waals surface area contributed by atoms with Gasteiger partial charge in [0.15, 0.2) is 5.43 Å². The van der Waals surface area contributed by atoms with Crippen molar-refractivity contribution in [3.63, 3.8) is 0 Å². The zero-order valence-electron chi connectivity index (χ0n) is 14.9. The maximum Gasteiger partial charge on any atom is 0.239 e. The van der Waals surface area contributed by atoms with Gasteiger partial charge < -0.3 is 9.88 Å². The Morgan fingerprint density at radius 2 is 1.70 bits per heavy atom. The zero-order valence-corrected chi connectivity index (χ0v) is 15.8. The van der Waals surface area contributed by atoms with Crippen LogP contribution in [-0.2, 0) is 17.8 Å². The minimum Gasteiger partial charge on any atom is -0.354 e. The first-order valence-corrected chi connectivity index (χ1v) is 9.69. The molecule has 5 nitrogen and oxygen atoms in total. The Kier molecular flexibility index (Phi) is 4.73. The largest absolute Gasteiger partial charge is 0.354 e. The minimum atomic E-state index is -0.0825. The maximum atomic E-state index is 12.7. The molecular weight excluding hydrogens is 358 g/mol. The molecule has 0 saturated carbocycles. The molecule has 2 aromatic carbocycles. The van der Waals surface area contributed by atoms with Crippen LogP contribution in [0.4, 0.5) is 0 Å². The van der Waals surface area contributed by atoms with Crippen molar-refractivity contribution in [3.8, 4) is 0 Å². The third kappa shape index (κ3) is 3.48. The highest BCUT2D eigenvalue weighted by molar-refractivity contribution is 7.09. The van der Waals surface area contributed by atoms with Crippen LogP contribution in [-0.4, -0.2) is 22.0 Å². The van der Waals surface area contributed by atoms with Gasteiger partial charge in [-0.2, -0.15) is 0 Å². The molecule has 0 spiro atoms. The Labute approximate surface area is 160 Å². The van der Waals surface area contributed by atoms with Gasteiger partial charge in [0.1, 0.15) is 6.54 Å². The summed E-state index contributed by atoms with van der Waals surface area (Å²) in [4.78, 5) is 29.7. The SMILES string of the molecule is Cc1nc(CCNC(=O)Cn2c3ccccc3c(=O)c3ccccc32)cs1. The molecule has 0 fully saturated rings. The van der Waals surface area contributed by atoms with Gasteiger partial charge in [-0.3, -0.25) is 9.59 Å². The van der Waals surface area contributed by atoms with Gasteiger partial charge in [0.2, 0.25) is 5.91 Å². The van der Waals surface area contributed by atoms with Crippen LogP contribution in [0, 0.1) is 6.92 Å². The molecule has 0 aliphatic heterocycles. The van der Waals surface area contributed by atoms with Crippen LogP contribution in [0.5, 0.6) is 0 Å². The number of nitrogens with zero attached hydrogens (tertiary/aromatic N) is 2. The standard InChI is InChI=1S/C21H19N3O2S/c1-14-23-15(13-27-14)10-11-22-20(25)12-24-18-8-4-2-6-16(18)21(26)17-7-3-5-9-19(17)24/h2-9,13H,10-12H2,1H3,(H,22,25). The van der Waals surface area contributed by atoms with Crippen LogP contribution in [0.1, 0.15) is 10.7 Å². The summed E-state index contributed by atoms with van der Waals surface area (Å²) < 4.78 is 1.91. The normalized spacial score (nSPS) is 11.1. The number of nitrogens with one attached hydrogen (secondary N) is 1. The van der Waals surface area contributed by atoms with Gasteiger partial charge in [-0.05, 0) is 31.2 Å². The monoisotopic (exact) mass is 377 g/mol. The summed E-state index contributed by atoms with van der Waals surface area (Å²) in [6.45, 7) is 2.68. The van der Waals surface area contributed by atoms with E-state index in [9.17, 15) is 9.59 Å². The lowest BCUT2D eigenvalue weighted by Gasteiger charge is -2.15. The predicted molar refractivity (Wildman–Crippen MR) is 109 cm³/mol. The van der Waals surface area contributed by atoms with Gasteiger partial charge in [0.25, 0.3) is 0 Å². The smallest absolute Gasteiger partial charge is 0.239 e. The van der Waals surface area contributed by atoms with E-state index in [1.807, 2.05) is 65.4 Å². The Hall–Kier alpha value is -2.99. The van der Waals surface area contributed by atoms with Crippen LogP contribution >= 0.6 is 11.3 Å². The molecule has 0 bridgehead atoms. The molecule has 136 valence electrons. The van der Waals surface area contributed by atoms with Crippen molar-refractivity contribution < 1.29 is 4.79 Å². The Morgan fingerprint density at radius 1 is 1.07 bits per heavy atom. The molecule has 1 amide bonds. The van der Waals surface area contributed by atoms with E-state index in [2.05, 4.69) is 10.3 Å². The molecule has 1 N–H and O–H groups in total. The van der Waals surface area contributed by atoms with Crippen molar-refractivity contribution >= 4 is 39.0 Å². The number of aryl methyl sites for hydroxylation is 1. The molecule has 0 unspecified atom stereocenters. The molecule has 0 atom stereocenters. The molecule has 0 aliphatic rings. The number of carbonyl (C=O) groups is 1. The van der Waals surface area contributed by atoms with E-state index < -0.39 is 0 Å². The number of hydrogen-bond donors (Lipinski definition) is 1. The summed E-state index contributed by atoms with van der Waals surface area (Å²) in [5.74, 6) is -0.0825. The third-order valence-corrected chi connectivity index (χ3v) is 5.37. The summed E-state index contributed by atoms with van der Waals surface area (Å²) in [6.07, 6.45) is 0.710. The molecular formula is C21H19N3O2S. The number of pyridine rings is 1. The van der Waals surface area contributed by atoms with E-state index in [0.29, 0.717) is 23.7 Å². The van der Waals surface area contributed by atoms with Crippen molar-refractivity contribution in [1.29, 1.82) is 0 Å². The number of benzene rings is 2. The van der Waals surface area contributed by atoms with Crippen LogP contribution in [0.15, 0.2) is 58.7 Å². The first-order valence-electron chi connectivity index (χ1n) is 8.81. The number of fused-ring (bicyclic) bond motifs is 2. The van der Waals surface area contributed by atoms with Crippen molar-refractivity contribution in [3.05, 3.63) is 74.8 Å². The van der Waals surface area contributed by atoms with Crippen molar-refractivity contribution in [2.75, 3.05) is 6.54 Å².